The van der Waals surface area contributed by atoms with Gasteiger partial charge in [-0.1, -0.05) is 18.2 Å². The van der Waals surface area contributed by atoms with Crippen molar-refractivity contribution in [2.75, 3.05) is 62.5 Å². The molecule has 3 heterocycles. The second-order valence-corrected chi connectivity index (χ2v) is 8.55. The predicted octanol–water partition coefficient (Wildman–Crippen LogP) is 3.24. The lowest BCUT2D eigenvalue weighted by molar-refractivity contribution is 0.0732. The molecule has 5 rings (SSSR count). The van der Waals surface area contributed by atoms with E-state index >= 15 is 0 Å². The van der Waals surface area contributed by atoms with Crippen LogP contribution in [0.2, 0.25) is 0 Å². The number of carbonyl (C=O) groups is 2. The van der Waals surface area contributed by atoms with Crippen molar-refractivity contribution in [1.29, 1.82) is 0 Å². The molecule has 1 saturated heterocycles. The number of anilines is 5. The fraction of sp³-hybridized carbons (Fsp3) is 0.269. The first-order valence-corrected chi connectivity index (χ1v) is 11.5. The Hall–Kier alpha value is -4.11. The highest BCUT2D eigenvalue weighted by atomic mass is 16.5. The predicted molar refractivity (Wildman–Crippen MR) is 137 cm³/mol. The highest BCUT2D eigenvalue weighted by molar-refractivity contribution is 6.13. The summed E-state index contributed by atoms with van der Waals surface area (Å²) in [6.45, 7) is 2.87. The number of aromatic nitrogens is 1. The van der Waals surface area contributed by atoms with Gasteiger partial charge in [0, 0.05) is 46.3 Å². The Morgan fingerprint density at radius 1 is 1.00 bits per heavy atom. The molecule has 3 aromatic rings. The summed E-state index contributed by atoms with van der Waals surface area (Å²) >= 11 is 0. The number of carbonyl (C=O) groups excluding carboxylic acids is 2. The second-order valence-electron chi connectivity index (χ2n) is 8.55. The zero-order valence-corrected chi connectivity index (χ0v) is 20.0. The van der Waals surface area contributed by atoms with Crippen LogP contribution in [0.4, 0.5) is 28.6 Å². The molecule has 0 saturated carbocycles. The van der Waals surface area contributed by atoms with E-state index < -0.39 is 0 Å². The first kappa shape index (κ1) is 22.7. The van der Waals surface area contributed by atoms with Crippen molar-refractivity contribution in [1.82, 2.24) is 15.2 Å². The van der Waals surface area contributed by atoms with Crippen LogP contribution in [-0.4, -0.2) is 69.1 Å². The first-order valence-electron chi connectivity index (χ1n) is 11.5. The number of pyridine rings is 1. The van der Waals surface area contributed by atoms with E-state index in [2.05, 4.69) is 15.6 Å². The third kappa shape index (κ3) is 4.04. The van der Waals surface area contributed by atoms with Gasteiger partial charge in [-0.05, 0) is 24.3 Å². The summed E-state index contributed by atoms with van der Waals surface area (Å²) in [6.07, 6.45) is 1.68. The molecular weight excluding hydrogens is 444 g/mol. The van der Waals surface area contributed by atoms with E-state index in [1.807, 2.05) is 59.3 Å². The van der Waals surface area contributed by atoms with Crippen molar-refractivity contribution in [3.8, 4) is 5.75 Å². The standard InChI is InChI=1S/C26H28N6O3/c1-30-20-10-5-4-7-17(20)25(33)31(2)22-16-28-23(15-21(22)30)29-19-9-6-8-18(24(19)35-3)26(34)32-13-11-27-12-14-32/h4-10,15-16,27H,11-14H2,1-3H3,(H,28,29). The summed E-state index contributed by atoms with van der Waals surface area (Å²) in [6, 6.07) is 14.9. The van der Waals surface area contributed by atoms with Crippen molar-refractivity contribution < 1.29 is 14.3 Å². The summed E-state index contributed by atoms with van der Waals surface area (Å²) in [4.78, 5) is 36.2. The lowest BCUT2D eigenvalue weighted by atomic mass is 10.1. The molecule has 0 radical (unpaired) electrons. The fourth-order valence-corrected chi connectivity index (χ4v) is 4.60. The highest BCUT2D eigenvalue weighted by Gasteiger charge is 2.28. The summed E-state index contributed by atoms with van der Waals surface area (Å²) in [7, 11) is 5.24. The normalized spacial score (nSPS) is 15.3. The minimum Gasteiger partial charge on any atom is -0.494 e. The smallest absolute Gasteiger partial charge is 0.260 e. The zero-order valence-electron chi connectivity index (χ0n) is 20.0. The Bertz CT molecular complexity index is 1290. The molecule has 35 heavy (non-hydrogen) atoms. The molecule has 9 nitrogen and oxygen atoms in total. The third-order valence-electron chi connectivity index (χ3n) is 6.50. The topological polar surface area (TPSA) is 90.0 Å². The van der Waals surface area contributed by atoms with Crippen LogP contribution >= 0.6 is 0 Å². The van der Waals surface area contributed by atoms with Gasteiger partial charge in [-0.3, -0.25) is 9.59 Å². The van der Waals surface area contributed by atoms with Crippen LogP contribution in [0.1, 0.15) is 20.7 Å². The van der Waals surface area contributed by atoms with Crippen molar-refractivity contribution in [3.63, 3.8) is 0 Å². The molecule has 0 spiro atoms. The van der Waals surface area contributed by atoms with Crippen LogP contribution in [0, 0.1) is 0 Å². The van der Waals surface area contributed by atoms with Gasteiger partial charge in [-0.2, -0.15) is 0 Å². The number of piperazine rings is 1. The maximum absolute atomic E-state index is 13.2. The van der Waals surface area contributed by atoms with Gasteiger partial charge in [-0.25, -0.2) is 4.98 Å². The first-order chi connectivity index (χ1) is 17.0. The fourth-order valence-electron chi connectivity index (χ4n) is 4.60. The number of ether oxygens (including phenoxy) is 1. The number of fused-ring (bicyclic) bond motifs is 2. The van der Waals surface area contributed by atoms with Crippen LogP contribution in [0.3, 0.4) is 0 Å². The van der Waals surface area contributed by atoms with Crippen LogP contribution in [-0.2, 0) is 0 Å². The van der Waals surface area contributed by atoms with Crippen LogP contribution in [0.15, 0.2) is 54.7 Å². The Labute approximate surface area is 204 Å². The summed E-state index contributed by atoms with van der Waals surface area (Å²) in [5.74, 6) is 0.896. The van der Waals surface area contributed by atoms with Gasteiger partial charge in [0.25, 0.3) is 11.8 Å². The number of benzene rings is 2. The highest BCUT2D eigenvalue weighted by Crippen LogP contribution is 2.40. The van der Waals surface area contributed by atoms with Gasteiger partial charge >= 0.3 is 0 Å². The summed E-state index contributed by atoms with van der Waals surface area (Å²) in [5, 5.41) is 6.58. The number of rotatable bonds is 4. The van der Waals surface area contributed by atoms with E-state index in [-0.39, 0.29) is 11.8 Å². The monoisotopic (exact) mass is 472 g/mol. The van der Waals surface area contributed by atoms with E-state index in [0.717, 1.165) is 24.5 Å². The van der Waals surface area contributed by atoms with Gasteiger partial charge in [0.05, 0.1) is 47.2 Å². The molecule has 2 amide bonds. The number of hydrogen-bond acceptors (Lipinski definition) is 7. The molecule has 0 bridgehead atoms. The molecule has 0 aliphatic carbocycles. The van der Waals surface area contributed by atoms with E-state index in [4.69, 9.17) is 4.74 Å². The van der Waals surface area contributed by atoms with E-state index in [1.165, 1.54) is 0 Å². The van der Waals surface area contributed by atoms with Crippen LogP contribution < -0.4 is 25.2 Å². The minimum atomic E-state index is -0.0884. The molecule has 9 heteroatoms. The second kappa shape index (κ2) is 9.27. The average molecular weight is 473 g/mol. The maximum atomic E-state index is 13.2. The Kier molecular flexibility index (Phi) is 6.00. The zero-order chi connectivity index (χ0) is 24.5. The van der Waals surface area contributed by atoms with Gasteiger partial charge in [0.2, 0.25) is 0 Å². The number of hydrogen-bond donors (Lipinski definition) is 2. The molecule has 1 aromatic heterocycles. The lowest BCUT2D eigenvalue weighted by Crippen LogP contribution is -2.46. The molecule has 2 aromatic carbocycles. The number of methoxy groups -OCH3 is 1. The Morgan fingerprint density at radius 2 is 1.77 bits per heavy atom. The average Bonchev–Trinajstić information content (AvgIpc) is 2.98. The summed E-state index contributed by atoms with van der Waals surface area (Å²) in [5.41, 5.74) is 4.13. The molecule has 2 aliphatic heterocycles. The molecule has 2 aliphatic rings. The van der Waals surface area contributed by atoms with E-state index in [0.29, 0.717) is 47.2 Å². The number of amides is 2. The van der Waals surface area contributed by atoms with Crippen LogP contribution in [0.25, 0.3) is 0 Å². The summed E-state index contributed by atoms with van der Waals surface area (Å²) < 4.78 is 5.68. The SMILES string of the molecule is COc1c(Nc2cc3c(cn2)N(C)C(=O)c2ccccc2N3C)cccc1C(=O)N1CCNCC1. The lowest BCUT2D eigenvalue weighted by Gasteiger charge is -2.28. The van der Waals surface area contributed by atoms with Gasteiger partial charge in [-0.15, -0.1) is 0 Å². The third-order valence-corrected chi connectivity index (χ3v) is 6.50. The van der Waals surface area contributed by atoms with Gasteiger partial charge in [0.1, 0.15) is 5.82 Å². The Balaban J connectivity index is 1.50. The Morgan fingerprint density at radius 3 is 2.54 bits per heavy atom. The quantitative estimate of drug-likeness (QED) is 0.603. The molecule has 1 fully saturated rings. The van der Waals surface area contributed by atoms with Gasteiger partial charge < -0.3 is 30.1 Å². The minimum absolute atomic E-state index is 0.0571. The number of nitrogens with one attached hydrogen (secondary N) is 2. The van der Waals surface area contributed by atoms with Crippen molar-refractivity contribution in [2.45, 2.75) is 0 Å². The molecule has 180 valence electrons. The maximum Gasteiger partial charge on any atom is 0.260 e. The van der Waals surface area contributed by atoms with Crippen molar-refractivity contribution >= 4 is 40.4 Å². The van der Waals surface area contributed by atoms with Crippen molar-refractivity contribution in [3.05, 3.63) is 65.9 Å². The molecule has 2 N–H and O–H groups in total. The van der Waals surface area contributed by atoms with E-state index in [1.54, 1.807) is 31.3 Å². The number of nitrogens with zero attached hydrogens (tertiary/aromatic N) is 4. The largest absolute Gasteiger partial charge is 0.494 e. The van der Waals surface area contributed by atoms with Crippen molar-refractivity contribution in [2.24, 2.45) is 0 Å². The van der Waals surface area contributed by atoms with Crippen LogP contribution in [0.5, 0.6) is 5.75 Å². The molecule has 0 unspecified atom stereocenters. The van der Waals surface area contributed by atoms with Gasteiger partial charge in [0.15, 0.2) is 5.75 Å². The molecular formula is C26H28N6O3. The molecule has 0 atom stereocenters. The van der Waals surface area contributed by atoms with E-state index in [9.17, 15) is 9.59 Å². The number of para-hydroxylation sites is 2.